The van der Waals surface area contributed by atoms with Crippen molar-refractivity contribution in [3.8, 4) is 12.1 Å². The maximum Gasteiger partial charge on any atom is 0.251 e. The van der Waals surface area contributed by atoms with Gasteiger partial charge in [-0.05, 0) is 37.1 Å². The quantitative estimate of drug-likeness (QED) is 0.630. The van der Waals surface area contributed by atoms with Crippen molar-refractivity contribution >= 4 is 17.3 Å². The van der Waals surface area contributed by atoms with Crippen LogP contribution >= 0.6 is 0 Å². The van der Waals surface area contributed by atoms with Gasteiger partial charge in [0.2, 0.25) is 5.71 Å². The average Bonchev–Trinajstić information content (AvgIpc) is 2.47. The lowest BCUT2D eigenvalue weighted by molar-refractivity contribution is 0.0953. The predicted octanol–water partition coefficient (Wildman–Crippen LogP) is 1.95. The van der Waals surface area contributed by atoms with Crippen molar-refractivity contribution in [1.29, 1.82) is 10.5 Å². The second-order valence-corrected chi connectivity index (χ2v) is 4.08. The largest absolute Gasteiger partial charge is 0.352 e. The molecule has 0 saturated heterocycles. The van der Waals surface area contributed by atoms with Crippen LogP contribution in [0.2, 0.25) is 0 Å². The maximum atomic E-state index is 11.8. The lowest BCUT2D eigenvalue weighted by Gasteiger charge is -2.08. The van der Waals surface area contributed by atoms with Crippen molar-refractivity contribution in [2.45, 2.75) is 20.3 Å². The molecule has 0 aliphatic carbocycles. The minimum absolute atomic E-state index is 0.125. The molecule has 102 valence electrons. The van der Waals surface area contributed by atoms with Gasteiger partial charge in [-0.1, -0.05) is 6.92 Å². The number of nitrogens with zero attached hydrogens (tertiary/aromatic N) is 3. The summed E-state index contributed by atoms with van der Waals surface area (Å²) in [6.07, 6.45) is 0.879. The van der Waals surface area contributed by atoms with Gasteiger partial charge in [-0.3, -0.25) is 10.2 Å². The molecule has 0 bridgehead atoms. The van der Waals surface area contributed by atoms with Gasteiger partial charge >= 0.3 is 0 Å². The van der Waals surface area contributed by atoms with E-state index in [1.165, 1.54) is 0 Å². The van der Waals surface area contributed by atoms with E-state index in [1.54, 1.807) is 30.3 Å². The van der Waals surface area contributed by atoms with E-state index in [0.717, 1.165) is 12.0 Å². The van der Waals surface area contributed by atoms with Gasteiger partial charge < -0.3 is 5.32 Å². The number of aryl methyl sites for hydroxylation is 1. The summed E-state index contributed by atoms with van der Waals surface area (Å²) < 4.78 is 0. The zero-order valence-electron chi connectivity index (χ0n) is 11.4. The van der Waals surface area contributed by atoms with E-state index in [0.29, 0.717) is 17.8 Å². The van der Waals surface area contributed by atoms with E-state index in [-0.39, 0.29) is 11.6 Å². The summed E-state index contributed by atoms with van der Waals surface area (Å²) in [7, 11) is 0. The van der Waals surface area contributed by atoms with Crippen LogP contribution in [0.4, 0.5) is 5.69 Å². The molecular formula is C14H15N5O. The molecule has 0 heterocycles. The number of nitrogens with one attached hydrogen (secondary N) is 2. The van der Waals surface area contributed by atoms with Crippen LogP contribution in [0, 0.1) is 29.6 Å². The van der Waals surface area contributed by atoms with Crippen LogP contribution in [-0.4, -0.2) is 18.2 Å². The van der Waals surface area contributed by atoms with Crippen LogP contribution in [-0.2, 0) is 0 Å². The van der Waals surface area contributed by atoms with Gasteiger partial charge in [0.15, 0.2) is 0 Å². The first-order valence-corrected chi connectivity index (χ1v) is 6.15. The zero-order chi connectivity index (χ0) is 15.0. The highest BCUT2D eigenvalue weighted by Crippen LogP contribution is 2.16. The fraction of sp³-hybridized carbons (Fsp3) is 0.286. The van der Waals surface area contributed by atoms with Crippen molar-refractivity contribution in [2.75, 3.05) is 12.0 Å². The predicted molar refractivity (Wildman–Crippen MR) is 76.1 cm³/mol. The minimum atomic E-state index is -0.255. The number of carbonyl (C=O) groups excluding carboxylic acids is 1. The molecule has 0 aliphatic rings. The van der Waals surface area contributed by atoms with E-state index in [2.05, 4.69) is 15.8 Å². The second kappa shape index (κ2) is 7.55. The molecule has 0 unspecified atom stereocenters. The molecule has 1 rings (SSSR count). The van der Waals surface area contributed by atoms with Crippen LogP contribution < -0.4 is 10.7 Å². The van der Waals surface area contributed by atoms with Crippen LogP contribution in [0.1, 0.15) is 29.3 Å². The van der Waals surface area contributed by atoms with Gasteiger partial charge in [0.1, 0.15) is 12.1 Å². The summed E-state index contributed by atoms with van der Waals surface area (Å²) in [6.45, 7) is 4.43. The Morgan fingerprint density at radius 1 is 1.35 bits per heavy atom. The van der Waals surface area contributed by atoms with Crippen LogP contribution in [0.15, 0.2) is 23.3 Å². The van der Waals surface area contributed by atoms with E-state index >= 15 is 0 Å². The first-order chi connectivity index (χ1) is 9.62. The highest BCUT2D eigenvalue weighted by Gasteiger charge is 2.07. The van der Waals surface area contributed by atoms with Gasteiger partial charge in [0.05, 0.1) is 5.69 Å². The minimum Gasteiger partial charge on any atom is -0.352 e. The number of carbonyl (C=O) groups is 1. The summed E-state index contributed by atoms with van der Waals surface area (Å²) in [5.41, 5.74) is 4.38. The number of hydrazone groups is 1. The van der Waals surface area contributed by atoms with Crippen molar-refractivity contribution in [3.05, 3.63) is 29.3 Å². The first-order valence-electron chi connectivity index (χ1n) is 6.15. The smallest absolute Gasteiger partial charge is 0.251 e. The third-order valence-electron chi connectivity index (χ3n) is 2.52. The second-order valence-electron chi connectivity index (χ2n) is 4.08. The average molecular weight is 269 g/mol. The summed E-state index contributed by atoms with van der Waals surface area (Å²) >= 11 is 0. The Labute approximate surface area is 117 Å². The normalized spacial score (nSPS) is 9.00. The van der Waals surface area contributed by atoms with Crippen LogP contribution in [0.5, 0.6) is 0 Å². The molecular weight excluding hydrogens is 254 g/mol. The van der Waals surface area contributed by atoms with Gasteiger partial charge in [-0.2, -0.15) is 15.6 Å². The van der Waals surface area contributed by atoms with Gasteiger partial charge in [-0.15, -0.1) is 0 Å². The number of amides is 1. The molecule has 0 atom stereocenters. The Kier molecular flexibility index (Phi) is 5.74. The molecule has 1 aromatic rings. The summed E-state index contributed by atoms with van der Waals surface area (Å²) in [5, 5.41) is 23.6. The van der Waals surface area contributed by atoms with E-state index < -0.39 is 0 Å². The van der Waals surface area contributed by atoms with Crippen LogP contribution in [0.25, 0.3) is 0 Å². The third kappa shape index (κ3) is 4.11. The Hall–Kier alpha value is -2.86. The Bertz CT molecular complexity index is 591. The number of hydrogen-bond donors (Lipinski definition) is 2. The number of hydrogen-bond acceptors (Lipinski definition) is 5. The van der Waals surface area contributed by atoms with Crippen molar-refractivity contribution in [1.82, 2.24) is 5.32 Å². The van der Waals surface area contributed by atoms with Crippen molar-refractivity contribution in [3.63, 3.8) is 0 Å². The fourth-order valence-corrected chi connectivity index (χ4v) is 1.46. The van der Waals surface area contributed by atoms with Gasteiger partial charge in [0.25, 0.3) is 5.91 Å². The molecule has 6 heteroatoms. The summed E-state index contributed by atoms with van der Waals surface area (Å²) in [5.74, 6) is -0.125. The summed E-state index contributed by atoms with van der Waals surface area (Å²) in [4.78, 5) is 11.8. The molecule has 0 spiro atoms. The van der Waals surface area contributed by atoms with E-state index in [9.17, 15) is 4.79 Å². The number of nitriles is 2. The molecule has 2 N–H and O–H groups in total. The monoisotopic (exact) mass is 269 g/mol. The molecule has 0 aromatic heterocycles. The Balaban J connectivity index is 2.84. The molecule has 0 fully saturated rings. The Morgan fingerprint density at radius 3 is 2.60 bits per heavy atom. The molecule has 1 aromatic carbocycles. The number of anilines is 1. The van der Waals surface area contributed by atoms with Crippen molar-refractivity contribution in [2.24, 2.45) is 5.10 Å². The highest BCUT2D eigenvalue weighted by atomic mass is 16.1. The van der Waals surface area contributed by atoms with Gasteiger partial charge in [0, 0.05) is 12.1 Å². The lowest BCUT2D eigenvalue weighted by Crippen LogP contribution is -2.24. The first kappa shape index (κ1) is 15.2. The number of rotatable bonds is 5. The molecule has 6 nitrogen and oxygen atoms in total. The van der Waals surface area contributed by atoms with Crippen molar-refractivity contribution < 1.29 is 4.79 Å². The summed E-state index contributed by atoms with van der Waals surface area (Å²) in [6, 6.07) is 8.38. The molecule has 0 aliphatic heterocycles. The highest BCUT2D eigenvalue weighted by molar-refractivity contribution is 6.10. The maximum absolute atomic E-state index is 11.8. The third-order valence-corrected chi connectivity index (χ3v) is 2.52. The van der Waals surface area contributed by atoms with E-state index in [1.807, 2.05) is 13.8 Å². The topological polar surface area (TPSA) is 101 Å². The lowest BCUT2D eigenvalue weighted by atomic mass is 10.1. The molecule has 1 amide bonds. The standard InChI is InChI=1S/C14H15N5O/c1-3-6-17-14(20)11-4-5-13(10(2)7-11)19-18-12(8-15)9-16/h4-5,7,19H,3,6H2,1-2H3,(H,17,20). The number of benzene rings is 1. The van der Waals surface area contributed by atoms with Gasteiger partial charge in [-0.25, -0.2) is 0 Å². The van der Waals surface area contributed by atoms with E-state index in [4.69, 9.17) is 10.5 Å². The van der Waals surface area contributed by atoms with Crippen LogP contribution in [0.3, 0.4) is 0 Å². The molecule has 20 heavy (non-hydrogen) atoms. The molecule has 0 saturated carbocycles. The zero-order valence-corrected chi connectivity index (χ0v) is 11.4. The SMILES string of the molecule is CCCNC(=O)c1ccc(NN=C(C#N)C#N)c(C)c1. The fourth-order valence-electron chi connectivity index (χ4n) is 1.46. The molecule has 0 radical (unpaired) electrons. The Morgan fingerprint density at radius 2 is 2.05 bits per heavy atom.